The maximum absolute atomic E-state index is 5.13. The summed E-state index contributed by atoms with van der Waals surface area (Å²) in [6.45, 7) is 0. The van der Waals surface area contributed by atoms with Crippen molar-refractivity contribution in [3.8, 4) is 90.1 Å². The van der Waals surface area contributed by atoms with Crippen molar-refractivity contribution in [2.24, 2.45) is 0 Å². The molecule has 2 heterocycles. The summed E-state index contributed by atoms with van der Waals surface area (Å²) >= 11 is 0. The minimum absolute atomic E-state index is 0.699. The fourth-order valence-corrected chi connectivity index (χ4v) is 7.65. The lowest BCUT2D eigenvalue weighted by Gasteiger charge is -2.15. The number of aromatic nitrogens is 4. The first kappa shape index (κ1) is 34.7. The normalized spacial score (nSPS) is 11.1. The highest BCUT2D eigenvalue weighted by molar-refractivity contribution is 6.07. The summed E-state index contributed by atoms with van der Waals surface area (Å²) in [6.07, 6.45) is 0. The van der Waals surface area contributed by atoms with Gasteiger partial charge in [-0.05, 0) is 57.3 Å². The molecule has 0 fully saturated rings. The van der Waals surface area contributed by atoms with Gasteiger partial charge in [0.1, 0.15) is 0 Å². The van der Waals surface area contributed by atoms with Crippen LogP contribution in [0.1, 0.15) is 0 Å². The van der Waals surface area contributed by atoms with Gasteiger partial charge in [0.05, 0.1) is 22.8 Å². The van der Waals surface area contributed by atoms with Gasteiger partial charge in [0.15, 0.2) is 11.6 Å². The molecule has 0 spiro atoms. The van der Waals surface area contributed by atoms with E-state index in [0.717, 1.165) is 78.4 Å². The second kappa shape index (κ2) is 15.4. The summed E-state index contributed by atoms with van der Waals surface area (Å²) in [5.74, 6) is 1.40. The molecule has 0 bridgehead atoms. The number of nitrogens with zero attached hydrogens (tertiary/aromatic N) is 4. The molecule has 58 heavy (non-hydrogen) atoms. The summed E-state index contributed by atoms with van der Waals surface area (Å²) in [5, 5.41) is 2.36. The zero-order valence-electron chi connectivity index (χ0n) is 31.6. The predicted octanol–water partition coefficient (Wildman–Crippen LogP) is 13.8. The molecule has 272 valence electrons. The summed E-state index contributed by atoms with van der Waals surface area (Å²) in [4.78, 5) is 20.3. The highest BCUT2D eigenvalue weighted by Crippen LogP contribution is 2.39. The Morgan fingerprint density at radius 3 is 0.931 bits per heavy atom. The minimum atomic E-state index is 0.699. The van der Waals surface area contributed by atoms with Crippen molar-refractivity contribution in [1.29, 1.82) is 0 Å². The van der Waals surface area contributed by atoms with E-state index in [2.05, 4.69) is 146 Å². The van der Waals surface area contributed by atoms with Gasteiger partial charge in [-0.3, -0.25) is 0 Å². The van der Waals surface area contributed by atoms with E-state index in [4.69, 9.17) is 19.9 Å². The molecular weight excluding hydrogens is 705 g/mol. The van der Waals surface area contributed by atoms with E-state index < -0.39 is 0 Å². The highest BCUT2D eigenvalue weighted by atomic mass is 14.9. The van der Waals surface area contributed by atoms with Crippen LogP contribution in [0, 0.1) is 0 Å². The van der Waals surface area contributed by atoms with Crippen LogP contribution in [-0.4, -0.2) is 19.9 Å². The zero-order chi connectivity index (χ0) is 38.7. The molecule has 0 aliphatic heterocycles. The van der Waals surface area contributed by atoms with Crippen molar-refractivity contribution in [3.63, 3.8) is 0 Å². The highest BCUT2D eigenvalue weighted by Gasteiger charge is 2.16. The molecule has 10 rings (SSSR count). The van der Waals surface area contributed by atoms with Crippen LogP contribution in [0.5, 0.6) is 0 Å². The third kappa shape index (κ3) is 6.95. The molecule has 0 amide bonds. The Balaban J connectivity index is 1.09. The van der Waals surface area contributed by atoms with Crippen LogP contribution in [0.4, 0.5) is 0 Å². The van der Waals surface area contributed by atoms with Crippen LogP contribution in [0.3, 0.4) is 0 Å². The van der Waals surface area contributed by atoms with Gasteiger partial charge in [-0.1, -0.05) is 194 Å². The molecule has 8 aromatic carbocycles. The van der Waals surface area contributed by atoms with Crippen molar-refractivity contribution < 1.29 is 0 Å². The number of rotatable bonds is 8. The molecule has 0 unspecified atom stereocenters. The Labute approximate surface area is 337 Å². The lowest BCUT2D eigenvalue weighted by atomic mass is 9.90. The Morgan fingerprint density at radius 2 is 0.534 bits per heavy atom. The summed E-state index contributed by atoms with van der Waals surface area (Å²) < 4.78 is 0. The van der Waals surface area contributed by atoms with Gasteiger partial charge in [0.2, 0.25) is 0 Å². The zero-order valence-corrected chi connectivity index (χ0v) is 31.6. The van der Waals surface area contributed by atoms with Gasteiger partial charge >= 0.3 is 0 Å². The van der Waals surface area contributed by atoms with Gasteiger partial charge in [-0.25, -0.2) is 19.9 Å². The number of hydrogen-bond acceptors (Lipinski definition) is 4. The van der Waals surface area contributed by atoms with Gasteiger partial charge in [-0.15, -0.1) is 0 Å². The molecular formula is C54H36N4. The average molecular weight is 741 g/mol. The fourth-order valence-electron chi connectivity index (χ4n) is 7.65. The second-order valence-corrected chi connectivity index (χ2v) is 14.3. The predicted molar refractivity (Wildman–Crippen MR) is 239 cm³/mol. The summed E-state index contributed by atoms with van der Waals surface area (Å²) in [5.41, 5.74) is 14.2. The van der Waals surface area contributed by atoms with E-state index in [9.17, 15) is 0 Å². The lowest BCUT2D eigenvalue weighted by Crippen LogP contribution is -1.96. The molecule has 10 aromatic rings. The SMILES string of the molecule is c1ccc(-c2cc(-c3cccc(-c4cccc5cccc(-c6cccc(-c7cc(-c8ccccc8)nc(-c8ccccc8)n7)c6)c45)c3)nc(-c3ccccc3)n2)cc1. The Hall–Kier alpha value is -7.82. The Kier molecular flexibility index (Phi) is 9.18. The van der Waals surface area contributed by atoms with Crippen LogP contribution in [0.25, 0.3) is 101 Å². The Bertz CT molecular complexity index is 2720. The van der Waals surface area contributed by atoms with E-state index >= 15 is 0 Å². The fraction of sp³-hybridized carbons (Fsp3) is 0. The molecule has 0 aliphatic rings. The molecule has 0 radical (unpaired) electrons. The largest absolute Gasteiger partial charge is 0.228 e. The van der Waals surface area contributed by atoms with E-state index in [1.807, 2.05) is 72.8 Å². The third-order valence-corrected chi connectivity index (χ3v) is 10.5. The molecule has 4 nitrogen and oxygen atoms in total. The van der Waals surface area contributed by atoms with Crippen LogP contribution in [0.2, 0.25) is 0 Å². The van der Waals surface area contributed by atoms with Gasteiger partial charge in [-0.2, -0.15) is 0 Å². The maximum atomic E-state index is 5.13. The van der Waals surface area contributed by atoms with Crippen LogP contribution in [-0.2, 0) is 0 Å². The van der Waals surface area contributed by atoms with E-state index in [-0.39, 0.29) is 0 Å². The first-order valence-corrected chi connectivity index (χ1v) is 19.5. The van der Waals surface area contributed by atoms with Crippen LogP contribution >= 0.6 is 0 Å². The maximum Gasteiger partial charge on any atom is 0.160 e. The monoisotopic (exact) mass is 740 g/mol. The lowest BCUT2D eigenvalue weighted by molar-refractivity contribution is 1.18. The quantitative estimate of drug-likeness (QED) is 0.156. The number of hydrogen-bond donors (Lipinski definition) is 0. The molecule has 2 aromatic heterocycles. The number of benzene rings is 8. The van der Waals surface area contributed by atoms with Crippen molar-refractivity contribution in [3.05, 3.63) is 218 Å². The summed E-state index contributed by atoms with van der Waals surface area (Å²) in [6, 6.07) is 75.8. The first-order chi connectivity index (χ1) is 28.7. The van der Waals surface area contributed by atoms with Gasteiger partial charge in [0.25, 0.3) is 0 Å². The van der Waals surface area contributed by atoms with Crippen molar-refractivity contribution in [2.75, 3.05) is 0 Å². The van der Waals surface area contributed by atoms with Crippen molar-refractivity contribution in [2.45, 2.75) is 0 Å². The molecule has 0 atom stereocenters. The van der Waals surface area contributed by atoms with E-state index in [1.165, 1.54) is 10.8 Å². The van der Waals surface area contributed by atoms with Gasteiger partial charge in [0, 0.05) is 33.4 Å². The van der Waals surface area contributed by atoms with Gasteiger partial charge < -0.3 is 0 Å². The Morgan fingerprint density at radius 1 is 0.224 bits per heavy atom. The smallest absolute Gasteiger partial charge is 0.160 e. The van der Waals surface area contributed by atoms with Crippen molar-refractivity contribution >= 4 is 10.8 Å². The van der Waals surface area contributed by atoms with Crippen LogP contribution in [0.15, 0.2) is 218 Å². The number of fused-ring (bicyclic) bond motifs is 1. The molecule has 4 heteroatoms. The second-order valence-electron chi connectivity index (χ2n) is 14.3. The third-order valence-electron chi connectivity index (χ3n) is 10.5. The standard InChI is InChI=1S/C54H36N4/c1-5-17-37(18-6-1)48-35-50(57-53(55-48)40-21-9-3-10-22-40)44-29-13-27-42(33-44)46-31-15-25-39-26-16-32-47(52(39)46)43-28-14-30-45(34-43)51-36-49(38-19-7-2-8-20-38)56-54(58-51)41-23-11-4-12-24-41/h1-36H. The average Bonchev–Trinajstić information content (AvgIpc) is 3.32. The topological polar surface area (TPSA) is 51.6 Å². The van der Waals surface area contributed by atoms with E-state index in [0.29, 0.717) is 11.6 Å². The molecule has 0 saturated heterocycles. The molecule has 0 N–H and O–H groups in total. The summed E-state index contributed by atoms with van der Waals surface area (Å²) in [7, 11) is 0. The molecule has 0 saturated carbocycles. The molecule has 0 aliphatic carbocycles. The minimum Gasteiger partial charge on any atom is -0.228 e. The first-order valence-electron chi connectivity index (χ1n) is 19.5. The van der Waals surface area contributed by atoms with Crippen molar-refractivity contribution in [1.82, 2.24) is 19.9 Å². The van der Waals surface area contributed by atoms with E-state index in [1.54, 1.807) is 0 Å². The van der Waals surface area contributed by atoms with Crippen LogP contribution < -0.4 is 0 Å².